The molecular formula is C13H8Cl3N3O. The number of hydrogen-bond acceptors (Lipinski definition) is 3. The van der Waals surface area contributed by atoms with Gasteiger partial charge in [-0.15, -0.1) is 0 Å². The number of aromatic nitrogens is 2. The maximum atomic E-state index is 11.8. The van der Waals surface area contributed by atoms with E-state index in [2.05, 4.69) is 15.3 Å². The third kappa shape index (κ3) is 3.93. The van der Waals surface area contributed by atoms with Crippen molar-refractivity contribution in [2.24, 2.45) is 0 Å². The number of hydrogen-bond donors (Lipinski definition) is 1. The minimum atomic E-state index is -0.390. The lowest BCUT2D eigenvalue weighted by atomic mass is 10.2. The maximum Gasteiger partial charge on any atom is 0.248 e. The van der Waals surface area contributed by atoms with Crippen molar-refractivity contribution in [3.05, 3.63) is 57.6 Å². The lowest BCUT2D eigenvalue weighted by Gasteiger charge is -2.04. The molecule has 20 heavy (non-hydrogen) atoms. The molecule has 1 aromatic heterocycles. The molecule has 0 aliphatic carbocycles. The first-order chi connectivity index (χ1) is 9.56. The second-order valence-corrected chi connectivity index (χ2v) is 4.86. The van der Waals surface area contributed by atoms with E-state index in [9.17, 15) is 4.79 Å². The smallest absolute Gasteiger partial charge is 0.248 e. The number of benzene rings is 1. The molecule has 0 spiro atoms. The number of carbonyl (C=O) groups is 1. The lowest BCUT2D eigenvalue weighted by Crippen LogP contribution is -2.09. The van der Waals surface area contributed by atoms with Crippen molar-refractivity contribution in [1.82, 2.24) is 9.97 Å². The van der Waals surface area contributed by atoms with Crippen LogP contribution in [0, 0.1) is 0 Å². The Labute approximate surface area is 130 Å². The van der Waals surface area contributed by atoms with Gasteiger partial charge in [0.25, 0.3) is 0 Å². The van der Waals surface area contributed by atoms with Gasteiger partial charge in [-0.3, -0.25) is 4.79 Å². The summed E-state index contributed by atoms with van der Waals surface area (Å²) in [5, 5.41) is 3.31. The molecule has 0 aliphatic rings. The average Bonchev–Trinajstić information content (AvgIpc) is 2.42. The van der Waals surface area contributed by atoms with Crippen LogP contribution in [0.1, 0.15) is 5.56 Å². The molecule has 0 unspecified atom stereocenters. The fraction of sp³-hybridized carbons (Fsp3) is 0. The number of anilines is 1. The zero-order valence-corrected chi connectivity index (χ0v) is 12.2. The van der Waals surface area contributed by atoms with Crippen molar-refractivity contribution in [1.29, 1.82) is 0 Å². The Balaban J connectivity index is 2.07. The fourth-order valence-electron chi connectivity index (χ4n) is 1.36. The van der Waals surface area contributed by atoms with Gasteiger partial charge in [0.15, 0.2) is 10.3 Å². The molecule has 0 fully saturated rings. The van der Waals surface area contributed by atoms with Crippen LogP contribution in [0.4, 0.5) is 5.69 Å². The van der Waals surface area contributed by atoms with Gasteiger partial charge >= 0.3 is 0 Å². The van der Waals surface area contributed by atoms with Gasteiger partial charge in [-0.2, -0.15) is 0 Å². The number of amides is 1. The van der Waals surface area contributed by atoms with Crippen molar-refractivity contribution in [2.75, 3.05) is 5.32 Å². The van der Waals surface area contributed by atoms with Gasteiger partial charge in [-0.05, 0) is 23.8 Å². The topological polar surface area (TPSA) is 54.9 Å². The highest BCUT2D eigenvalue weighted by molar-refractivity contribution is 6.38. The zero-order chi connectivity index (χ0) is 14.5. The predicted molar refractivity (Wildman–Crippen MR) is 81.2 cm³/mol. The molecular weight excluding hydrogens is 321 g/mol. The van der Waals surface area contributed by atoms with Crippen molar-refractivity contribution >= 4 is 52.5 Å². The molecule has 7 heteroatoms. The Morgan fingerprint density at radius 3 is 2.25 bits per heavy atom. The Kier molecular flexibility index (Phi) is 4.95. The second kappa shape index (κ2) is 6.70. The van der Waals surface area contributed by atoms with Crippen molar-refractivity contribution in [3.63, 3.8) is 0 Å². The van der Waals surface area contributed by atoms with Crippen LogP contribution >= 0.6 is 34.8 Å². The molecule has 0 bridgehead atoms. The van der Waals surface area contributed by atoms with E-state index in [1.165, 1.54) is 12.4 Å². The summed E-state index contributed by atoms with van der Waals surface area (Å²) in [5.41, 5.74) is 1.02. The third-order valence-corrected chi connectivity index (χ3v) is 3.13. The number of nitrogens with one attached hydrogen (secondary N) is 1. The van der Waals surface area contributed by atoms with E-state index in [0.29, 0.717) is 5.02 Å². The van der Waals surface area contributed by atoms with Crippen molar-refractivity contribution < 1.29 is 4.79 Å². The molecule has 1 amide bonds. The molecule has 1 N–H and O–H groups in total. The molecule has 0 atom stereocenters. The highest BCUT2D eigenvalue weighted by Gasteiger charge is 2.09. The normalized spacial score (nSPS) is 10.8. The van der Waals surface area contributed by atoms with E-state index in [-0.39, 0.29) is 16.0 Å². The number of carbonyl (C=O) groups excluding carboxylic acids is 1. The van der Waals surface area contributed by atoms with Gasteiger partial charge in [-0.25, -0.2) is 9.97 Å². The van der Waals surface area contributed by atoms with Gasteiger partial charge in [0.2, 0.25) is 5.91 Å². The van der Waals surface area contributed by atoms with Crippen LogP contribution in [-0.2, 0) is 4.79 Å². The van der Waals surface area contributed by atoms with Crippen LogP contribution in [-0.4, -0.2) is 15.9 Å². The highest BCUT2D eigenvalue weighted by Crippen LogP contribution is 2.25. The summed E-state index contributed by atoms with van der Waals surface area (Å²) in [7, 11) is 0. The van der Waals surface area contributed by atoms with Crippen LogP contribution in [0.15, 0.2) is 36.7 Å². The summed E-state index contributed by atoms with van der Waals surface area (Å²) < 4.78 is 0. The minimum Gasteiger partial charge on any atom is -0.317 e. The van der Waals surface area contributed by atoms with E-state index in [1.807, 2.05) is 0 Å². The highest BCUT2D eigenvalue weighted by atomic mass is 35.5. The molecule has 0 saturated carbocycles. The number of rotatable bonds is 3. The average molecular weight is 329 g/mol. The minimum absolute atomic E-state index is 0.0817. The molecule has 0 radical (unpaired) electrons. The number of nitrogens with zero attached hydrogens (tertiary/aromatic N) is 2. The van der Waals surface area contributed by atoms with Gasteiger partial charge < -0.3 is 5.32 Å². The first-order valence-electron chi connectivity index (χ1n) is 5.47. The van der Waals surface area contributed by atoms with Gasteiger partial charge in [0.1, 0.15) is 12.0 Å². The molecule has 2 rings (SSSR count). The lowest BCUT2D eigenvalue weighted by molar-refractivity contribution is -0.111. The molecule has 102 valence electrons. The van der Waals surface area contributed by atoms with Crippen LogP contribution in [0.5, 0.6) is 0 Å². The fourth-order valence-corrected chi connectivity index (χ4v) is 1.89. The molecule has 0 saturated heterocycles. The molecule has 0 aliphatic heterocycles. The predicted octanol–water partition coefficient (Wildman–Crippen LogP) is 4.09. The van der Waals surface area contributed by atoms with Crippen LogP contribution in [0.3, 0.4) is 0 Å². The summed E-state index contributed by atoms with van der Waals surface area (Å²) in [6, 6.07) is 7.05. The van der Waals surface area contributed by atoms with Gasteiger partial charge in [0, 0.05) is 11.1 Å². The van der Waals surface area contributed by atoms with Crippen molar-refractivity contribution in [2.45, 2.75) is 0 Å². The standard InChI is InChI=1S/C13H8Cl3N3O/c14-9-4-1-8(2-5-9)3-6-10(20)19-11-12(15)17-7-18-13(11)16/h1-7H,(H,19,20)/b6-3+. The maximum absolute atomic E-state index is 11.8. The van der Waals surface area contributed by atoms with E-state index >= 15 is 0 Å². The summed E-state index contributed by atoms with van der Waals surface area (Å²) in [4.78, 5) is 19.2. The molecule has 1 aromatic carbocycles. The first kappa shape index (κ1) is 14.8. The van der Waals surface area contributed by atoms with E-state index in [4.69, 9.17) is 34.8 Å². The second-order valence-electron chi connectivity index (χ2n) is 3.70. The van der Waals surface area contributed by atoms with Gasteiger partial charge in [0.05, 0.1) is 0 Å². The summed E-state index contributed by atoms with van der Waals surface area (Å²) in [5.74, 6) is -0.390. The Hall–Kier alpha value is -1.62. The number of halogens is 3. The van der Waals surface area contributed by atoms with Gasteiger partial charge in [-0.1, -0.05) is 46.9 Å². The van der Waals surface area contributed by atoms with E-state index in [1.54, 1.807) is 30.3 Å². The third-order valence-electron chi connectivity index (χ3n) is 2.30. The van der Waals surface area contributed by atoms with E-state index < -0.39 is 5.91 Å². The Morgan fingerprint density at radius 1 is 1.05 bits per heavy atom. The summed E-state index contributed by atoms with van der Waals surface area (Å²) in [6.45, 7) is 0. The first-order valence-corrected chi connectivity index (χ1v) is 6.60. The summed E-state index contributed by atoms with van der Waals surface area (Å²) in [6.07, 6.45) is 4.20. The van der Waals surface area contributed by atoms with Crippen molar-refractivity contribution in [3.8, 4) is 0 Å². The molecule has 2 aromatic rings. The van der Waals surface area contributed by atoms with Crippen LogP contribution < -0.4 is 5.32 Å². The molecule has 4 nitrogen and oxygen atoms in total. The van der Waals surface area contributed by atoms with Crippen LogP contribution in [0.25, 0.3) is 6.08 Å². The zero-order valence-electron chi connectivity index (χ0n) is 9.98. The Morgan fingerprint density at radius 2 is 1.65 bits per heavy atom. The Bertz CT molecular complexity index is 636. The quantitative estimate of drug-likeness (QED) is 0.682. The summed E-state index contributed by atoms with van der Waals surface area (Å²) >= 11 is 17.4. The molecule has 1 heterocycles. The SMILES string of the molecule is O=C(/C=C/c1ccc(Cl)cc1)Nc1c(Cl)ncnc1Cl. The largest absolute Gasteiger partial charge is 0.317 e. The van der Waals surface area contributed by atoms with E-state index in [0.717, 1.165) is 5.56 Å². The monoisotopic (exact) mass is 327 g/mol. The van der Waals surface area contributed by atoms with Crippen LogP contribution in [0.2, 0.25) is 15.3 Å².